The minimum Gasteiger partial charge on any atom is -0.469 e. The summed E-state index contributed by atoms with van der Waals surface area (Å²) in [4.78, 5) is 11.7. The number of fused-ring (bicyclic) bond motifs is 2. The van der Waals surface area contributed by atoms with Gasteiger partial charge in [-0.3, -0.25) is 4.79 Å². The molecule has 0 aromatic rings. The van der Waals surface area contributed by atoms with Crippen LogP contribution in [-0.4, -0.2) is 24.3 Å². The Morgan fingerprint density at radius 3 is 2.57 bits per heavy atom. The van der Waals surface area contributed by atoms with E-state index in [4.69, 9.17) is 4.74 Å². The zero-order valence-electron chi connectivity index (χ0n) is 9.04. The highest BCUT2D eigenvalue weighted by atomic mass is 16.5. The van der Waals surface area contributed by atoms with Crippen molar-refractivity contribution in [2.24, 2.45) is 16.7 Å². The number of ether oxygens (including phenoxy) is 1. The third-order valence-corrected chi connectivity index (χ3v) is 4.42. The number of hydrogen-bond donors (Lipinski definition) is 1. The second-order valence-corrected chi connectivity index (χ2v) is 5.31. The van der Waals surface area contributed by atoms with Crippen molar-refractivity contribution in [3.63, 3.8) is 0 Å². The van der Waals surface area contributed by atoms with Gasteiger partial charge in [-0.1, -0.05) is 13.8 Å². The van der Waals surface area contributed by atoms with Crippen LogP contribution >= 0.6 is 0 Å². The molecule has 3 nitrogen and oxygen atoms in total. The fourth-order valence-corrected chi connectivity index (χ4v) is 3.39. The van der Waals surface area contributed by atoms with Crippen LogP contribution in [0.15, 0.2) is 0 Å². The second-order valence-electron chi connectivity index (χ2n) is 5.31. The minimum atomic E-state index is -0.594. The second kappa shape index (κ2) is 2.72. The summed E-state index contributed by atoms with van der Waals surface area (Å²) in [6, 6.07) is 0. The van der Waals surface area contributed by atoms with Crippen LogP contribution < -0.4 is 0 Å². The molecule has 0 amide bonds. The molecule has 2 bridgehead atoms. The van der Waals surface area contributed by atoms with Crippen LogP contribution in [0.1, 0.15) is 33.1 Å². The molecule has 0 aromatic carbocycles. The highest BCUT2D eigenvalue weighted by molar-refractivity contribution is 5.79. The minimum absolute atomic E-state index is 0.132. The summed E-state index contributed by atoms with van der Waals surface area (Å²) < 4.78 is 4.82. The van der Waals surface area contributed by atoms with Gasteiger partial charge in [0.25, 0.3) is 0 Å². The number of carbonyl (C=O) groups excluding carboxylic acids is 1. The molecule has 0 heterocycles. The Morgan fingerprint density at radius 1 is 1.50 bits per heavy atom. The summed E-state index contributed by atoms with van der Waals surface area (Å²) in [6.07, 6.45) is 2.09. The lowest BCUT2D eigenvalue weighted by molar-refractivity contribution is -0.162. The van der Waals surface area contributed by atoms with Gasteiger partial charge in [-0.25, -0.2) is 0 Å². The van der Waals surface area contributed by atoms with Crippen molar-refractivity contribution in [2.75, 3.05) is 7.11 Å². The number of aliphatic hydroxyl groups is 1. The molecule has 3 atom stereocenters. The molecule has 0 spiro atoms. The maximum absolute atomic E-state index is 11.7. The number of esters is 1. The predicted molar refractivity (Wildman–Crippen MR) is 51.6 cm³/mol. The average Bonchev–Trinajstić information content (AvgIpc) is 2.66. The Morgan fingerprint density at radius 2 is 2.14 bits per heavy atom. The maximum atomic E-state index is 11.7. The molecule has 0 aliphatic heterocycles. The van der Waals surface area contributed by atoms with Gasteiger partial charge in [-0.05, 0) is 30.6 Å². The first-order valence-electron chi connectivity index (χ1n) is 5.21. The van der Waals surface area contributed by atoms with E-state index in [2.05, 4.69) is 0 Å². The Kier molecular flexibility index (Phi) is 1.94. The summed E-state index contributed by atoms with van der Waals surface area (Å²) in [5.41, 5.74) is -0.727. The van der Waals surface area contributed by atoms with Gasteiger partial charge in [0.1, 0.15) is 0 Å². The molecule has 0 aromatic heterocycles. The van der Waals surface area contributed by atoms with Crippen molar-refractivity contribution in [3.05, 3.63) is 0 Å². The Balaban J connectivity index is 2.35. The normalized spacial score (nSPS) is 44.0. The fourth-order valence-electron chi connectivity index (χ4n) is 3.39. The van der Waals surface area contributed by atoms with E-state index in [1.807, 2.05) is 13.8 Å². The van der Waals surface area contributed by atoms with Crippen molar-refractivity contribution >= 4 is 5.97 Å². The van der Waals surface area contributed by atoms with Gasteiger partial charge in [0.15, 0.2) is 0 Å². The Hall–Kier alpha value is -0.570. The van der Waals surface area contributed by atoms with Crippen LogP contribution in [-0.2, 0) is 9.53 Å². The number of carbonyl (C=O) groups is 1. The summed E-state index contributed by atoms with van der Waals surface area (Å²) in [5.74, 6) is 0.245. The first kappa shape index (κ1) is 9.97. The van der Waals surface area contributed by atoms with Crippen LogP contribution in [0.4, 0.5) is 0 Å². The molecule has 2 aliphatic rings. The van der Waals surface area contributed by atoms with Gasteiger partial charge in [0.05, 0.1) is 18.6 Å². The lowest BCUT2D eigenvalue weighted by Crippen LogP contribution is -2.46. The van der Waals surface area contributed by atoms with Crippen molar-refractivity contribution in [1.82, 2.24) is 0 Å². The topological polar surface area (TPSA) is 46.5 Å². The van der Waals surface area contributed by atoms with E-state index in [1.165, 1.54) is 7.11 Å². The third-order valence-electron chi connectivity index (χ3n) is 4.42. The molecule has 2 saturated carbocycles. The monoisotopic (exact) mass is 198 g/mol. The predicted octanol–water partition coefficient (Wildman–Crippen LogP) is 1.35. The average molecular weight is 198 g/mol. The van der Waals surface area contributed by atoms with Crippen molar-refractivity contribution in [2.45, 2.75) is 39.2 Å². The van der Waals surface area contributed by atoms with Crippen molar-refractivity contribution in [1.29, 1.82) is 0 Å². The molecule has 0 saturated heterocycles. The molecule has 2 fully saturated rings. The maximum Gasteiger partial charge on any atom is 0.314 e. The smallest absolute Gasteiger partial charge is 0.314 e. The lowest BCUT2D eigenvalue weighted by atomic mass is 9.69. The summed E-state index contributed by atoms with van der Waals surface area (Å²) in [5, 5.41) is 10.2. The first-order chi connectivity index (χ1) is 6.45. The van der Waals surface area contributed by atoms with Crippen LogP contribution in [0.2, 0.25) is 0 Å². The van der Waals surface area contributed by atoms with Crippen LogP contribution in [0.3, 0.4) is 0 Å². The Bertz CT molecular complexity index is 272. The van der Waals surface area contributed by atoms with Crippen LogP contribution in [0.25, 0.3) is 0 Å². The van der Waals surface area contributed by atoms with Gasteiger partial charge < -0.3 is 9.84 Å². The molecule has 14 heavy (non-hydrogen) atoms. The molecule has 3 heteroatoms. The van der Waals surface area contributed by atoms with Gasteiger partial charge >= 0.3 is 5.97 Å². The van der Waals surface area contributed by atoms with Gasteiger partial charge in [0.2, 0.25) is 0 Å². The molecule has 1 N–H and O–H groups in total. The zero-order chi connectivity index (χ0) is 10.6. The van der Waals surface area contributed by atoms with E-state index in [1.54, 1.807) is 0 Å². The number of hydrogen-bond acceptors (Lipinski definition) is 3. The zero-order valence-corrected chi connectivity index (χ0v) is 9.04. The quantitative estimate of drug-likeness (QED) is 0.647. The summed E-state index contributed by atoms with van der Waals surface area (Å²) >= 11 is 0. The molecular weight excluding hydrogens is 180 g/mol. The molecule has 0 unspecified atom stereocenters. The van der Waals surface area contributed by atoms with Crippen LogP contribution in [0.5, 0.6) is 0 Å². The molecular formula is C11H18O3. The highest BCUT2D eigenvalue weighted by Gasteiger charge is 2.65. The van der Waals surface area contributed by atoms with Gasteiger partial charge in [0, 0.05) is 0 Å². The van der Waals surface area contributed by atoms with Crippen LogP contribution in [0, 0.1) is 16.7 Å². The Labute approximate surface area is 84.4 Å². The molecule has 0 radical (unpaired) electrons. The number of rotatable bonds is 1. The lowest BCUT2D eigenvalue weighted by Gasteiger charge is -2.39. The van der Waals surface area contributed by atoms with E-state index in [0.29, 0.717) is 5.92 Å². The third kappa shape index (κ3) is 0.937. The molecule has 2 aliphatic carbocycles. The molecule has 80 valence electrons. The largest absolute Gasteiger partial charge is 0.469 e. The SMILES string of the molecule is COC(=O)[C@]12CC[C@H](C1)C(C)(C)[C@@H]2O. The van der Waals surface area contributed by atoms with E-state index >= 15 is 0 Å². The first-order valence-corrected chi connectivity index (χ1v) is 5.21. The van der Waals surface area contributed by atoms with E-state index in [9.17, 15) is 9.90 Å². The van der Waals surface area contributed by atoms with E-state index in [-0.39, 0.29) is 11.4 Å². The van der Waals surface area contributed by atoms with Gasteiger partial charge in [-0.2, -0.15) is 0 Å². The molecule has 2 rings (SSSR count). The summed E-state index contributed by atoms with van der Waals surface area (Å²) in [6.45, 7) is 4.10. The summed E-state index contributed by atoms with van der Waals surface area (Å²) in [7, 11) is 1.41. The number of methoxy groups -OCH3 is 1. The van der Waals surface area contributed by atoms with Crippen molar-refractivity contribution in [3.8, 4) is 0 Å². The van der Waals surface area contributed by atoms with E-state index < -0.39 is 11.5 Å². The van der Waals surface area contributed by atoms with Gasteiger partial charge in [-0.15, -0.1) is 0 Å². The van der Waals surface area contributed by atoms with Crippen molar-refractivity contribution < 1.29 is 14.6 Å². The van der Waals surface area contributed by atoms with E-state index in [0.717, 1.165) is 19.3 Å². The number of aliphatic hydroxyl groups excluding tert-OH is 1. The highest BCUT2D eigenvalue weighted by Crippen LogP contribution is 2.62. The fraction of sp³-hybridized carbons (Fsp3) is 0.909. The standard InChI is InChI=1S/C11H18O3/c1-10(2)7-4-5-11(6-7,8(10)12)9(13)14-3/h7-8,12H,4-6H2,1-3H3/t7-,8+,11-/m1/s1.